The van der Waals surface area contributed by atoms with Gasteiger partial charge in [0.05, 0.1) is 5.39 Å². The highest BCUT2D eigenvalue weighted by Crippen LogP contribution is 2.72. The molecule has 3 aromatic heterocycles. The van der Waals surface area contributed by atoms with Gasteiger partial charge in [-0.25, -0.2) is 19.9 Å². The first-order chi connectivity index (χ1) is 12.5. The summed E-state index contributed by atoms with van der Waals surface area (Å²) in [6.45, 7) is 7.60. The topological polar surface area (TPSA) is 82.6 Å². The zero-order valence-corrected chi connectivity index (χ0v) is 15.5. The van der Waals surface area contributed by atoms with E-state index < -0.39 is 0 Å². The van der Waals surface area contributed by atoms with Crippen molar-refractivity contribution >= 4 is 34.3 Å². The molecule has 1 saturated carbocycles. The molecule has 0 spiro atoms. The van der Waals surface area contributed by atoms with Crippen LogP contribution in [-0.2, 0) is 0 Å². The fraction of sp³-hybridized carbons (Fsp3) is 0.444. The molecule has 5 rings (SSSR count). The number of H-pyrrole nitrogens is 1. The number of nitrogens with zero attached hydrogens (tertiary/aromatic N) is 5. The molecule has 4 heterocycles. The van der Waals surface area contributed by atoms with Gasteiger partial charge in [-0.3, -0.25) is 0 Å². The average Bonchev–Trinajstić information content (AvgIpc) is 3.00. The van der Waals surface area contributed by atoms with E-state index in [0.29, 0.717) is 11.2 Å². The van der Waals surface area contributed by atoms with Gasteiger partial charge in [0.25, 0.3) is 0 Å². The van der Waals surface area contributed by atoms with Crippen molar-refractivity contribution in [3.63, 3.8) is 0 Å². The lowest BCUT2D eigenvalue weighted by Gasteiger charge is -2.24. The molecule has 1 saturated heterocycles. The van der Waals surface area contributed by atoms with Crippen molar-refractivity contribution in [3.05, 3.63) is 36.1 Å². The number of piperidine rings is 1. The normalized spacial score (nSPS) is 29.8. The molecule has 26 heavy (non-hydrogen) atoms. The van der Waals surface area contributed by atoms with E-state index in [1.165, 1.54) is 0 Å². The lowest BCUT2D eigenvalue weighted by atomic mass is 10.0. The summed E-state index contributed by atoms with van der Waals surface area (Å²) in [5, 5.41) is 4.88. The van der Waals surface area contributed by atoms with E-state index in [1.54, 1.807) is 12.5 Å². The SMILES string of the molecule is CC12CN(c3ccnc(Cl)n3)CC1(C)C2CNc1ncnc2[nH]ccc12. The van der Waals surface area contributed by atoms with Gasteiger partial charge in [0.15, 0.2) is 0 Å². The summed E-state index contributed by atoms with van der Waals surface area (Å²) in [7, 11) is 0. The zero-order valence-electron chi connectivity index (χ0n) is 14.7. The van der Waals surface area contributed by atoms with Crippen molar-refractivity contribution in [2.45, 2.75) is 13.8 Å². The molecule has 2 N–H and O–H groups in total. The molecule has 2 atom stereocenters. The Balaban J connectivity index is 1.31. The molecule has 2 unspecified atom stereocenters. The van der Waals surface area contributed by atoms with Crippen LogP contribution < -0.4 is 10.2 Å². The van der Waals surface area contributed by atoms with E-state index in [9.17, 15) is 0 Å². The maximum atomic E-state index is 5.95. The minimum atomic E-state index is 0.252. The van der Waals surface area contributed by atoms with Crippen LogP contribution in [0.5, 0.6) is 0 Å². The smallest absolute Gasteiger partial charge is 0.224 e. The van der Waals surface area contributed by atoms with E-state index in [0.717, 1.165) is 42.3 Å². The fourth-order valence-electron chi connectivity index (χ4n) is 4.83. The van der Waals surface area contributed by atoms with Crippen LogP contribution in [-0.4, -0.2) is 44.6 Å². The number of hydrogen-bond donors (Lipinski definition) is 2. The molecular weight excluding hydrogens is 350 g/mol. The molecule has 3 aromatic rings. The molecule has 0 bridgehead atoms. The summed E-state index contributed by atoms with van der Waals surface area (Å²) in [5.74, 6) is 2.40. The molecule has 2 fully saturated rings. The number of halogens is 1. The van der Waals surface area contributed by atoms with Crippen molar-refractivity contribution in [2.24, 2.45) is 16.7 Å². The van der Waals surface area contributed by atoms with Crippen LogP contribution in [0.3, 0.4) is 0 Å². The van der Waals surface area contributed by atoms with Crippen LogP contribution in [0, 0.1) is 16.7 Å². The average molecular weight is 370 g/mol. The second-order valence-electron chi connectivity index (χ2n) is 7.77. The Labute approximate surface area is 156 Å². The van der Waals surface area contributed by atoms with Crippen molar-refractivity contribution < 1.29 is 0 Å². The van der Waals surface area contributed by atoms with Crippen molar-refractivity contribution in [1.82, 2.24) is 24.9 Å². The van der Waals surface area contributed by atoms with E-state index >= 15 is 0 Å². The molecule has 0 radical (unpaired) electrons. The molecular formula is C18H20ClN7. The fourth-order valence-corrected chi connectivity index (χ4v) is 4.97. The third-order valence-electron chi connectivity index (χ3n) is 6.56. The second-order valence-corrected chi connectivity index (χ2v) is 8.11. The third-order valence-corrected chi connectivity index (χ3v) is 6.74. The third kappa shape index (κ3) is 2.13. The molecule has 0 amide bonds. The van der Waals surface area contributed by atoms with E-state index in [2.05, 4.69) is 49.0 Å². The molecule has 134 valence electrons. The number of fused-ring (bicyclic) bond motifs is 2. The van der Waals surface area contributed by atoms with Gasteiger partial charge in [0.2, 0.25) is 5.28 Å². The van der Waals surface area contributed by atoms with E-state index in [-0.39, 0.29) is 10.8 Å². The molecule has 2 aliphatic rings. The van der Waals surface area contributed by atoms with Crippen molar-refractivity contribution in [1.29, 1.82) is 0 Å². The van der Waals surface area contributed by atoms with Gasteiger partial charge in [-0.15, -0.1) is 0 Å². The monoisotopic (exact) mass is 369 g/mol. The zero-order chi connectivity index (χ0) is 17.9. The molecule has 0 aromatic carbocycles. The minimum Gasteiger partial charge on any atom is -0.369 e. The maximum absolute atomic E-state index is 5.95. The van der Waals surface area contributed by atoms with Gasteiger partial charge in [-0.1, -0.05) is 13.8 Å². The summed E-state index contributed by atoms with van der Waals surface area (Å²) >= 11 is 5.95. The van der Waals surface area contributed by atoms with Gasteiger partial charge in [-0.2, -0.15) is 0 Å². The largest absolute Gasteiger partial charge is 0.369 e. The predicted molar refractivity (Wildman–Crippen MR) is 101 cm³/mol. The van der Waals surface area contributed by atoms with Gasteiger partial charge >= 0.3 is 0 Å². The van der Waals surface area contributed by atoms with Crippen LogP contribution in [0.15, 0.2) is 30.9 Å². The molecule has 1 aliphatic heterocycles. The standard InChI is InChI=1S/C18H20ClN7/c1-17-8-26(13-4-6-21-16(19)25-13)9-18(17,2)12(17)7-22-15-11-3-5-20-14(11)23-10-24-15/h3-6,10,12H,7-9H2,1-2H3,(H2,20,22,23,24). The predicted octanol–water partition coefficient (Wildman–Crippen LogP) is 2.98. The van der Waals surface area contributed by atoms with E-state index in [1.807, 2.05) is 18.3 Å². The van der Waals surface area contributed by atoms with Crippen LogP contribution >= 0.6 is 11.6 Å². The van der Waals surface area contributed by atoms with E-state index in [4.69, 9.17) is 11.6 Å². The van der Waals surface area contributed by atoms with Crippen molar-refractivity contribution in [2.75, 3.05) is 29.9 Å². The summed E-state index contributed by atoms with van der Waals surface area (Å²) in [6, 6.07) is 3.94. The van der Waals surface area contributed by atoms with Crippen LogP contribution in [0.2, 0.25) is 5.28 Å². The van der Waals surface area contributed by atoms with Crippen LogP contribution in [0.4, 0.5) is 11.6 Å². The number of nitrogens with one attached hydrogen (secondary N) is 2. The Kier molecular flexibility index (Phi) is 3.22. The molecule has 8 heteroatoms. The van der Waals surface area contributed by atoms with Gasteiger partial charge in [0.1, 0.15) is 23.6 Å². The quantitative estimate of drug-likeness (QED) is 0.688. The Morgan fingerprint density at radius 3 is 2.81 bits per heavy atom. The van der Waals surface area contributed by atoms with Crippen LogP contribution in [0.1, 0.15) is 13.8 Å². The summed E-state index contributed by atoms with van der Waals surface area (Å²) in [5.41, 5.74) is 1.37. The number of aromatic nitrogens is 5. The Morgan fingerprint density at radius 2 is 2.04 bits per heavy atom. The summed E-state index contributed by atoms with van der Waals surface area (Å²) in [6.07, 6.45) is 5.21. The van der Waals surface area contributed by atoms with Gasteiger partial charge in [0, 0.05) is 32.0 Å². The first-order valence-corrected chi connectivity index (χ1v) is 9.14. The number of anilines is 2. The lowest BCUT2D eigenvalue weighted by molar-refractivity contribution is 0.494. The number of rotatable bonds is 4. The maximum Gasteiger partial charge on any atom is 0.224 e. The lowest BCUT2D eigenvalue weighted by Crippen LogP contribution is -2.30. The Bertz CT molecular complexity index is 970. The first-order valence-electron chi connectivity index (χ1n) is 8.77. The first kappa shape index (κ1) is 15.8. The highest BCUT2D eigenvalue weighted by Gasteiger charge is 2.74. The van der Waals surface area contributed by atoms with Gasteiger partial charge in [-0.05, 0) is 40.5 Å². The highest BCUT2D eigenvalue weighted by molar-refractivity contribution is 6.28. The molecule has 1 aliphatic carbocycles. The second kappa shape index (κ2) is 5.30. The summed E-state index contributed by atoms with van der Waals surface area (Å²) < 4.78 is 0. The highest BCUT2D eigenvalue weighted by atomic mass is 35.5. The Morgan fingerprint density at radius 1 is 1.23 bits per heavy atom. The summed E-state index contributed by atoms with van der Waals surface area (Å²) in [4.78, 5) is 22.4. The number of hydrogen-bond acceptors (Lipinski definition) is 6. The molecule has 7 nitrogen and oxygen atoms in total. The van der Waals surface area contributed by atoms with Crippen LogP contribution in [0.25, 0.3) is 11.0 Å². The number of aromatic amines is 1. The Hall–Kier alpha value is -2.41. The minimum absolute atomic E-state index is 0.252. The van der Waals surface area contributed by atoms with Crippen molar-refractivity contribution in [3.8, 4) is 0 Å². The van der Waals surface area contributed by atoms with Gasteiger partial charge < -0.3 is 15.2 Å².